The lowest BCUT2D eigenvalue weighted by Gasteiger charge is -2.33. The van der Waals surface area contributed by atoms with Gasteiger partial charge in [-0.2, -0.15) is 0 Å². The number of carbonyl (C=O) groups excluding carboxylic acids is 1. The van der Waals surface area contributed by atoms with E-state index in [9.17, 15) is 9.18 Å². The number of nitrogen functional groups attached to an aromatic ring is 1. The molecule has 35 heavy (non-hydrogen) atoms. The number of ether oxygens (including phenoxy) is 1. The molecule has 1 fully saturated rings. The second-order valence-electron chi connectivity index (χ2n) is 8.41. The second kappa shape index (κ2) is 10.6. The van der Waals surface area contributed by atoms with Gasteiger partial charge in [-0.15, -0.1) is 0 Å². The highest BCUT2D eigenvalue weighted by atomic mass is 19.1. The van der Waals surface area contributed by atoms with Gasteiger partial charge in [0.15, 0.2) is 17.3 Å². The topological polar surface area (TPSA) is 119 Å². The van der Waals surface area contributed by atoms with Crippen LogP contribution in [0.5, 0.6) is 5.75 Å². The number of hydrogen-bond acceptors (Lipinski definition) is 7. The summed E-state index contributed by atoms with van der Waals surface area (Å²) < 4.78 is 35.0. The number of hydrogen-bond donors (Lipinski definition) is 3. The summed E-state index contributed by atoms with van der Waals surface area (Å²) >= 11 is 0. The standard InChI is InChI=1S/C25H28F2N6O2/c1-2-12-35-21-8-5-16(26)22(23(21)27)18-7-6-17(29)24(31-18)25(34)32-19-13-30-10-9-20(19)33-11-3-4-15(28)14-33/h5-10,13,15H,2-4,11-12,14,28-29H2,1H3,(H,32,34). The van der Waals surface area contributed by atoms with Gasteiger partial charge in [-0.1, -0.05) is 6.92 Å². The molecule has 3 heterocycles. The fourth-order valence-corrected chi connectivity index (χ4v) is 4.05. The lowest BCUT2D eigenvalue weighted by atomic mass is 10.1. The third-order valence-corrected chi connectivity index (χ3v) is 5.76. The van der Waals surface area contributed by atoms with Gasteiger partial charge in [-0.25, -0.2) is 13.8 Å². The van der Waals surface area contributed by atoms with Gasteiger partial charge in [0.05, 0.1) is 41.1 Å². The number of benzene rings is 1. The molecule has 10 heteroatoms. The number of aromatic nitrogens is 2. The summed E-state index contributed by atoms with van der Waals surface area (Å²) in [6, 6.07) is 6.92. The molecule has 8 nitrogen and oxygen atoms in total. The summed E-state index contributed by atoms with van der Waals surface area (Å²) in [6.07, 6.45) is 5.70. The van der Waals surface area contributed by atoms with Crippen molar-refractivity contribution in [2.75, 3.05) is 35.6 Å². The molecule has 4 rings (SSSR count). The number of nitrogens with two attached hydrogens (primary N) is 2. The molecule has 1 aliphatic heterocycles. The smallest absolute Gasteiger partial charge is 0.276 e. The Bertz CT molecular complexity index is 1220. The fraction of sp³-hybridized carbons (Fsp3) is 0.320. The number of nitrogens with zero attached hydrogens (tertiary/aromatic N) is 3. The summed E-state index contributed by atoms with van der Waals surface area (Å²) in [5, 5.41) is 2.79. The monoisotopic (exact) mass is 482 g/mol. The first kappa shape index (κ1) is 24.3. The highest BCUT2D eigenvalue weighted by molar-refractivity contribution is 6.08. The van der Waals surface area contributed by atoms with Crippen molar-refractivity contribution in [2.45, 2.75) is 32.2 Å². The summed E-state index contributed by atoms with van der Waals surface area (Å²) in [7, 11) is 0. The molecular weight excluding hydrogens is 454 g/mol. The van der Waals surface area contributed by atoms with Gasteiger partial charge in [-0.3, -0.25) is 9.78 Å². The van der Waals surface area contributed by atoms with Gasteiger partial charge < -0.3 is 26.4 Å². The maximum absolute atomic E-state index is 15.1. The third kappa shape index (κ3) is 5.32. The predicted molar refractivity (Wildman–Crippen MR) is 131 cm³/mol. The van der Waals surface area contributed by atoms with E-state index in [0.717, 1.165) is 31.1 Å². The van der Waals surface area contributed by atoms with Crippen LogP contribution in [-0.2, 0) is 0 Å². The molecule has 3 aromatic rings. The van der Waals surface area contributed by atoms with Crippen molar-refractivity contribution in [2.24, 2.45) is 5.73 Å². The zero-order valence-corrected chi connectivity index (χ0v) is 19.4. The number of carbonyl (C=O) groups is 1. The van der Waals surface area contributed by atoms with Crippen LogP contribution in [0.25, 0.3) is 11.3 Å². The van der Waals surface area contributed by atoms with Crippen molar-refractivity contribution >= 4 is 23.0 Å². The quantitative estimate of drug-likeness (QED) is 0.466. The minimum atomic E-state index is -0.891. The number of anilines is 3. The van der Waals surface area contributed by atoms with Crippen molar-refractivity contribution in [3.05, 3.63) is 60.1 Å². The maximum atomic E-state index is 15.1. The van der Waals surface area contributed by atoms with E-state index in [1.54, 1.807) is 12.3 Å². The van der Waals surface area contributed by atoms with Crippen LogP contribution in [-0.4, -0.2) is 41.6 Å². The number of piperidine rings is 1. The van der Waals surface area contributed by atoms with E-state index in [1.807, 2.05) is 6.92 Å². The van der Waals surface area contributed by atoms with Gasteiger partial charge in [0.25, 0.3) is 5.91 Å². The second-order valence-corrected chi connectivity index (χ2v) is 8.41. The lowest BCUT2D eigenvalue weighted by molar-refractivity contribution is 0.102. The molecule has 1 saturated heterocycles. The Labute approximate surface area is 202 Å². The molecule has 0 aliphatic carbocycles. The molecule has 0 radical (unpaired) electrons. The molecule has 0 spiro atoms. The number of nitrogens with one attached hydrogen (secondary N) is 1. The average molecular weight is 483 g/mol. The molecule has 184 valence electrons. The van der Waals surface area contributed by atoms with E-state index < -0.39 is 23.1 Å². The van der Waals surface area contributed by atoms with Crippen LogP contribution in [0.3, 0.4) is 0 Å². The molecular formula is C25H28F2N6O2. The lowest BCUT2D eigenvalue weighted by Crippen LogP contribution is -2.43. The Hall–Kier alpha value is -3.79. The minimum absolute atomic E-state index is 0.0383. The van der Waals surface area contributed by atoms with Crippen LogP contribution in [0, 0.1) is 11.6 Å². The van der Waals surface area contributed by atoms with Crippen molar-refractivity contribution in [3.8, 4) is 17.0 Å². The number of pyridine rings is 2. The summed E-state index contributed by atoms with van der Waals surface area (Å²) in [4.78, 5) is 23.6. The van der Waals surface area contributed by atoms with Crippen LogP contribution in [0.4, 0.5) is 25.8 Å². The highest BCUT2D eigenvalue weighted by Gasteiger charge is 2.23. The zero-order valence-electron chi connectivity index (χ0n) is 19.4. The number of amides is 1. The van der Waals surface area contributed by atoms with Crippen LogP contribution < -0.4 is 26.4 Å². The van der Waals surface area contributed by atoms with Crippen LogP contribution in [0.15, 0.2) is 42.7 Å². The van der Waals surface area contributed by atoms with E-state index in [-0.39, 0.29) is 35.5 Å². The van der Waals surface area contributed by atoms with Gasteiger partial charge in [-0.05, 0) is 49.6 Å². The Balaban J connectivity index is 1.64. The normalized spacial score (nSPS) is 15.7. The van der Waals surface area contributed by atoms with E-state index >= 15 is 4.39 Å². The highest BCUT2D eigenvalue weighted by Crippen LogP contribution is 2.33. The first-order valence-corrected chi connectivity index (χ1v) is 11.5. The molecule has 0 bridgehead atoms. The summed E-state index contributed by atoms with van der Waals surface area (Å²) in [6.45, 7) is 3.60. The first-order valence-electron chi connectivity index (χ1n) is 11.5. The van der Waals surface area contributed by atoms with Gasteiger partial charge >= 0.3 is 0 Å². The SMILES string of the molecule is CCCOc1ccc(F)c(-c2ccc(N)c(C(=O)Nc3cnccc3N3CCCC(N)C3)n2)c1F. The summed E-state index contributed by atoms with van der Waals surface area (Å²) in [5.74, 6) is -2.43. The summed E-state index contributed by atoms with van der Waals surface area (Å²) in [5.41, 5.74) is 12.8. The van der Waals surface area contributed by atoms with E-state index in [1.165, 1.54) is 24.4 Å². The predicted octanol–water partition coefficient (Wildman–Crippen LogP) is 3.97. The molecule has 1 amide bonds. The molecule has 1 aromatic carbocycles. The molecule has 1 atom stereocenters. The van der Waals surface area contributed by atoms with E-state index in [2.05, 4.69) is 20.2 Å². The van der Waals surface area contributed by atoms with E-state index in [4.69, 9.17) is 16.2 Å². The van der Waals surface area contributed by atoms with Crippen molar-refractivity contribution < 1.29 is 18.3 Å². The Morgan fingerprint density at radius 1 is 1.26 bits per heavy atom. The molecule has 1 aliphatic rings. The van der Waals surface area contributed by atoms with Crippen LogP contribution in [0.1, 0.15) is 36.7 Å². The molecule has 0 saturated carbocycles. The van der Waals surface area contributed by atoms with Gasteiger partial charge in [0.2, 0.25) is 0 Å². The van der Waals surface area contributed by atoms with Crippen molar-refractivity contribution in [1.29, 1.82) is 0 Å². The van der Waals surface area contributed by atoms with Crippen molar-refractivity contribution in [1.82, 2.24) is 9.97 Å². The molecule has 5 N–H and O–H groups in total. The van der Waals surface area contributed by atoms with Gasteiger partial charge in [0, 0.05) is 25.3 Å². The third-order valence-electron chi connectivity index (χ3n) is 5.76. The molecule has 1 unspecified atom stereocenters. The van der Waals surface area contributed by atoms with Gasteiger partial charge in [0.1, 0.15) is 5.82 Å². The van der Waals surface area contributed by atoms with Crippen LogP contribution >= 0.6 is 0 Å². The molecule has 2 aromatic heterocycles. The number of rotatable bonds is 7. The minimum Gasteiger partial charge on any atom is -0.491 e. The largest absolute Gasteiger partial charge is 0.491 e. The Morgan fingerprint density at radius 3 is 2.86 bits per heavy atom. The van der Waals surface area contributed by atoms with Crippen molar-refractivity contribution in [3.63, 3.8) is 0 Å². The zero-order chi connectivity index (χ0) is 24.9. The van der Waals surface area contributed by atoms with E-state index in [0.29, 0.717) is 18.7 Å². The average Bonchev–Trinajstić information content (AvgIpc) is 2.85. The Kier molecular flexibility index (Phi) is 7.40. The Morgan fingerprint density at radius 2 is 2.09 bits per heavy atom. The van der Waals surface area contributed by atoms with Crippen LogP contribution in [0.2, 0.25) is 0 Å². The maximum Gasteiger partial charge on any atom is 0.276 e. The first-order chi connectivity index (χ1) is 16.9. The fourth-order valence-electron chi connectivity index (χ4n) is 4.05. The number of halogens is 2.